The fraction of sp³-hybridized carbons (Fsp3) is 0.583. The summed E-state index contributed by atoms with van der Waals surface area (Å²) in [5.74, 6) is -2.74. The molecule has 1 saturated carbocycles. The number of likely N-dealkylation sites (N-methyl/N-ethyl adjacent to an activating group) is 2. The SMILES string of the molecule is CC(=O)O[C@@H]1C[C@H]2C[C@H](OC(=O)C3[C@H](c4ccccc4)C(C(=O)O[C@H]4C[C@@H]5C[C@@H](O)[C@H](C4)N5C)[C@@H]3c3ccccc3)C[C@@H]1N2C. The Morgan fingerprint density at radius 2 is 1.11 bits per heavy atom. The predicted molar refractivity (Wildman–Crippen MR) is 165 cm³/mol. The van der Waals surface area contributed by atoms with Crippen molar-refractivity contribution in [1.29, 1.82) is 0 Å². The molecule has 0 spiro atoms. The number of rotatable bonds is 7. The standard InChI is InChI=1S/C36H44N2O7/c1-20(39)43-30-17-24-15-26(19-28(30)38(24)3)45-36(42)34-31(21-10-6-4-7-11-21)33(32(34)22-12-8-5-9-13-22)35(41)44-25-14-23-16-29(40)27(18-25)37(23)2/h4-13,23-34,40H,14-19H2,1-3H3/t23-,24-,25+,26+,27+,28+,29-,30-,31-,32+,33?,34?/m1/s1. The van der Waals surface area contributed by atoms with Gasteiger partial charge in [0.15, 0.2) is 0 Å². The van der Waals surface area contributed by atoms with E-state index in [1.807, 2.05) is 74.8 Å². The molecule has 4 saturated heterocycles. The second-order valence-electron chi connectivity index (χ2n) is 13.9. The smallest absolute Gasteiger partial charge is 0.310 e. The first-order valence-corrected chi connectivity index (χ1v) is 16.5. The highest BCUT2D eigenvalue weighted by atomic mass is 16.6. The minimum atomic E-state index is -0.551. The molecule has 45 heavy (non-hydrogen) atoms. The molecule has 12 atom stereocenters. The van der Waals surface area contributed by atoms with E-state index in [2.05, 4.69) is 9.80 Å². The Hall–Kier alpha value is -3.27. The minimum absolute atomic E-state index is 0.00718. The molecule has 4 heterocycles. The maximum atomic E-state index is 14.3. The Morgan fingerprint density at radius 3 is 1.60 bits per heavy atom. The molecule has 0 amide bonds. The summed E-state index contributed by atoms with van der Waals surface area (Å²) < 4.78 is 18.2. The molecule has 1 aliphatic carbocycles. The molecular weight excluding hydrogens is 572 g/mol. The number of aliphatic hydroxyl groups excluding tert-OH is 1. The number of aliphatic hydroxyl groups is 1. The summed E-state index contributed by atoms with van der Waals surface area (Å²) in [6.07, 6.45) is 2.88. The summed E-state index contributed by atoms with van der Waals surface area (Å²) in [5.41, 5.74) is 1.84. The maximum Gasteiger partial charge on any atom is 0.310 e. The van der Waals surface area contributed by atoms with E-state index in [9.17, 15) is 19.5 Å². The van der Waals surface area contributed by atoms with E-state index in [-0.39, 0.29) is 72.2 Å². The summed E-state index contributed by atoms with van der Waals surface area (Å²) in [6, 6.07) is 19.9. The van der Waals surface area contributed by atoms with Crippen molar-refractivity contribution in [2.75, 3.05) is 14.1 Å². The first-order chi connectivity index (χ1) is 21.7. The monoisotopic (exact) mass is 616 g/mol. The van der Waals surface area contributed by atoms with E-state index in [0.717, 1.165) is 17.5 Å². The summed E-state index contributed by atoms with van der Waals surface area (Å²) in [4.78, 5) is 44.6. The highest BCUT2D eigenvalue weighted by Gasteiger charge is 2.61. The third kappa shape index (κ3) is 5.57. The molecule has 9 nitrogen and oxygen atoms in total. The van der Waals surface area contributed by atoms with Gasteiger partial charge in [-0.2, -0.15) is 0 Å². The molecule has 5 aliphatic rings. The van der Waals surface area contributed by atoms with Gasteiger partial charge in [0, 0.05) is 69.0 Å². The van der Waals surface area contributed by atoms with E-state index in [1.54, 1.807) is 0 Å². The van der Waals surface area contributed by atoms with Crippen molar-refractivity contribution >= 4 is 17.9 Å². The van der Waals surface area contributed by atoms with Gasteiger partial charge in [0.05, 0.1) is 24.0 Å². The van der Waals surface area contributed by atoms with Gasteiger partial charge in [0.2, 0.25) is 0 Å². The molecule has 2 unspecified atom stereocenters. The Labute approximate surface area is 264 Å². The van der Waals surface area contributed by atoms with Crippen LogP contribution in [0.2, 0.25) is 0 Å². The summed E-state index contributed by atoms with van der Waals surface area (Å²) >= 11 is 0. The average molecular weight is 617 g/mol. The Kier molecular flexibility index (Phi) is 8.21. The molecule has 4 bridgehead atoms. The van der Waals surface area contributed by atoms with Crippen LogP contribution >= 0.6 is 0 Å². The van der Waals surface area contributed by atoms with Crippen LogP contribution in [0.3, 0.4) is 0 Å². The van der Waals surface area contributed by atoms with Crippen molar-refractivity contribution in [3.05, 3.63) is 71.8 Å². The van der Waals surface area contributed by atoms with Gasteiger partial charge in [0.25, 0.3) is 0 Å². The van der Waals surface area contributed by atoms with Crippen LogP contribution in [-0.4, -0.2) is 95.5 Å². The quantitative estimate of drug-likeness (QED) is 0.369. The van der Waals surface area contributed by atoms with Crippen molar-refractivity contribution in [1.82, 2.24) is 9.80 Å². The number of benzene rings is 2. The minimum Gasteiger partial charge on any atom is -0.462 e. The predicted octanol–water partition coefficient (Wildman–Crippen LogP) is 3.65. The third-order valence-electron chi connectivity index (χ3n) is 11.5. The van der Waals surface area contributed by atoms with Gasteiger partial charge in [-0.3, -0.25) is 24.2 Å². The van der Waals surface area contributed by atoms with E-state index in [0.29, 0.717) is 32.1 Å². The highest BCUT2D eigenvalue weighted by molar-refractivity contribution is 5.85. The first-order valence-electron chi connectivity index (χ1n) is 16.5. The van der Waals surface area contributed by atoms with Crippen molar-refractivity contribution in [3.63, 3.8) is 0 Å². The van der Waals surface area contributed by atoms with Gasteiger partial charge >= 0.3 is 17.9 Å². The zero-order valence-corrected chi connectivity index (χ0v) is 26.2. The number of hydrogen-bond acceptors (Lipinski definition) is 9. The molecule has 2 aromatic rings. The van der Waals surface area contributed by atoms with Crippen LogP contribution in [0.15, 0.2) is 60.7 Å². The van der Waals surface area contributed by atoms with Crippen LogP contribution in [-0.2, 0) is 28.6 Å². The van der Waals surface area contributed by atoms with Gasteiger partial charge < -0.3 is 19.3 Å². The Bertz CT molecular complexity index is 1360. The molecule has 7 rings (SSSR count). The number of fused-ring (bicyclic) bond motifs is 4. The van der Waals surface area contributed by atoms with Crippen LogP contribution < -0.4 is 0 Å². The number of ether oxygens (including phenoxy) is 3. The van der Waals surface area contributed by atoms with E-state index in [1.165, 1.54) is 6.92 Å². The van der Waals surface area contributed by atoms with Crippen molar-refractivity contribution in [3.8, 4) is 0 Å². The van der Waals surface area contributed by atoms with Crippen molar-refractivity contribution in [2.24, 2.45) is 11.8 Å². The van der Waals surface area contributed by atoms with Crippen LogP contribution in [0, 0.1) is 11.8 Å². The third-order valence-corrected chi connectivity index (χ3v) is 11.5. The van der Waals surface area contributed by atoms with Gasteiger partial charge in [0.1, 0.15) is 18.3 Å². The van der Waals surface area contributed by atoms with Crippen LogP contribution in [0.4, 0.5) is 0 Å². The normalized spacial score (nSPS) is 39.1. The summed E-state index contributed by atoms with van der Waals surface area (Å²) in [5, 5.41) is 10.5. The second kappa shape index (κ2) is 12.2. The molecular formula is C36H44N2O7. The number of carbonyl (C=O) groups is 3. The molecule has 2 aromatic carbocycles. The van der Waals surface area contributed by atoms with Crippen LogP contribution in [0.5, 0.6) is 0 Å². The van der Waals surface area contributed by atoms with Crippen LogP contribution in [0.25, 0.3) is 0 Å². The lowest BCUT2D eigenvalue weighted by atomic mass is 9.52. The second-order valence-corrected chi connectivity index (χ2v) is 13.9. The van der Waals surface area contributed by atoms with Gasteiger partial charge in [-0.1, -0.05) is 60.7 Å². The van der Waals surface area contributed by atoms with E-state index >= 15 is 0 Å². The number of nitrogens with zero attached hydrogens (tertiary/aromatic N) is 2. The average Bonchev–Trinajstić information content (AvgIpc) is 3.24. The number of esters is 3. The fourth-order valence-electron chi connectivity index (χ4n) is 9.31. The molecule has 240 valence electrons. The number of hydrogen-bond donors (Lipinski definition) is 1. The lowest BCUT2D eigenvalue weighted by molar-refractivity contribution is -0.177. The van der Waals surface area contributed by atoms with Crippen molar-refractivity contribution in [2.45, 2.75) is 106 Å². The molecule has 4 aliphatic heterocycles. The fourth-order valence-corrected chi connectivity index (χ4v) is 9.31. The molecule has 5 fully saturated rings. The molecule has 0 aromatic heterocycles. The van der Waals surface area contributed by atoms with Crippen molar-refractivity contribution < 1.29 is 33.7 Å². The summed E-state index contributed by atoms with van der Waals surface area (Å²) in [7, 11) is 4.08. The lowest BCUT2D eigenvalue weighted by Crippen LogP contribution is -2.54. The van der Waals surface area contributed by atoms with Crippen LogP contribution in [0.1, 0.15) is 68.4 Å². The largest absolute Gasteiger partial charge is 0.462 e. The van der Waals surface area contributed by atoms with E-state index in [4.69, 9.17) is 14.2 Å². The topological polar surface area (TPSA) is 106 Å². The molecule has 1 N–H and O–H groups in total. The highest BCUT2D eigenvalue weighted by Crippen LogP contribution is 2.59. The Morgan fingerprint density at radius 1 is 0.644 bits per heavy atom. The number of piperidine rings is 2. The Balaban J connectivity index is 1.14. The van der Waals surface area contributed by atoms with Gasteiger partial charge in [-0.05, 0) is 31.6 Å². The van der Waals surface area contributed by atoms with E-state index < -0.39 is 17.9 Å². The van der Waals surface area contributed by atoms with Gasteiger partial charge in [-0.15, -0.1) is 0 Å². The molecule has 9 heteroatoms. The zero-order chi connectivity index (χ0) is 31.4. The molecule has 0 radical (unpaired) electrons. The number of carbonyl (C=O) groups excluding carboxylic acids is 3. The maximum absolute atomic E-state index is 14.3. The lowest BCUT2D eigenvalue weighted by Gasteiger charge is -2.50. The summed E-state index contributed by atoms with van der Waals surface area (Å²) in [6.45, 7) is 1.44. The zero-order valence-electron chi connectivity index (χ0n) is 26.2. The van der Waals surface area contributed by atoms with Gasteiger partial charge in [-0.25, -0.2) is 0 Å². The first kappa shape index (κ1) is 30.4.